The van der Waals surface area contributed by atoms with Crippen molar-refractivity contribution in [3.8, 4) is 22.9 Å². The van der Waals surface area contributed by atoms with Gasteiger partial charge in [0, 0.05) is 61.9 Å². The van der Waals surface area contributed by atoms with Crippen molar-refractivity contribution < 1.29 is 28.6 Å². The normalized spacial score (nSPS) is 13.5. The molecular weight excluding hydrogens is 759 g/mol. The summed E-state index contributed by atoms with van der Waals surface area (Å²) in [6.07, 6.45) is 6.96. The lowest BCUT2D eigenvalue weighted by atomic mass is 9.98. The van der Waals surface area contributed by atoms with Gasteiger partial charge in [0.1, 0.15) is 5.75 Å². The number of aryl methyl sites for hydroxylation is 2. The summed E-state index contributed by atoms with van der Waals surface area (Å²) < 4.78 is 20.8. The fraction of sp³-hybridized carbons (Fsp3) is 0.213. The van der Waals surface area contributed by atoms with Gasteiger partial charge in [-0.25, -0.2) is 4.98 Å². The van der Waals surface area contributed by atoms with Crippen molar-refractivity contribution in [1.82, 2.24) is 24.2 Å². The Morgan fingerprint density at radius 3 is 2.42 bits per heavy atom. The van der Waals surface area contributed by atoms with Crippen molar-refractivity contribution in [2.24, 2.45) is 7.05 Å². The number of ether oxygens (including phenoxy) is 3. The van der Waals surface area contributed by atoms with Crippen LogP contribution in [0.25, 0.3) is 16.6 Å². The Morgan fingerprint density at radius 2 is 1.65 bits per heavy atom. The molecule has 0 bridgehead atoms. The van der Waals surface area contributed by atoms with Crippen LogP contribution in [0.5, 0.6) is 17.2 Å². The van der Waals surface area contributed by atoms with E-state index in [9.17, 15) is 14.4 Å². The number of ketones is 1. The first kappa shape index (κ1) is 39.6. The van der Waals surface area contributed by atoms with Gasteiger partial charge in [-0.2, -0.15) is 5.10 Å². The number of benzene rings is 5. The van der Waals surface area contributed by atoms with Gasteiger partial charge < -0.3 is 29.4 Å². The van der Waals surface area contributed by atoms with Crippen LogP contribution in [0.2, 0.25) is 0 Å². The van der Waals surface area contributed by atoms with Crippen LogP contribution >= 0.6 is 0 Å². The second kappa shape index (κ2) is 17.3. The minimum atomic E-state index is -1.09. The highest BCUT2D eigenvalue weighted by atomic mass is 16.5. The van der Waals surface area contributed by atoms with E-state index < -0.39 is 17.9 Å². The number of hydrogen-bond acceptors (Lipinski definition) is 9. The van der Waals surface area contributed by atoms with Gasteiger partial charge in [0.25, 0.3) is 11.8 Å². The lowest BCUT2D eigenvalue weighted by Gasteiger charge is -2.25. The van der Waals surface area contributed by atoms with Crippen LogP contribution in [0, 0.1) is 6.92 Å². The summed E-state index contributed by atoms with van der Waals surface area (Å²) in [5, 5.41) is 11.3. The lowest BCUT2D eigenvalue weighted by Crippen LogP contribution is -2.38. The fourth-order valence-electron chi connectivity index (χ4n) is 7.48. The topological polar surface area (TPSA) is 142 Å². The highest BCUT2D eigenvalue weighted by Gasteiger charge is 2.32. The molecule has 0 aliphatic carbocycles. The molecule has 2 aromatic heterocycles. The Bertz CT molecular complexity index is 2690. The number of aromatic nitrogens is 4. The summed E-state index contributed by atoms with van der Waals surface area (Å²) in [7, 11) is 4.88. The Labute approximate surface area is 347 Å². The molecule has 1 atom stereocenters. The van der Waals surface area contributed by atoms with Crippen LogP contribution in [0.15, 0.2) is 122 Å². The number of amides is 2. The van der Waals surface area contributed by atoms with E-state index in [-0.39, 0.29) is 23.5 Å². The van der Waals surface area contributed by atoms with Crippen molar-refractivity contribution in [2.45, 2.75) is 39.0 Å². The Hall–Kier alpha value is -7.25. The molecule has 13 nitrogen and oxygen atoms in total. The SMILES string of the molecule is COc1cc(NC(=O)C2CC(=O)c3cc(C)ccc3O2)c(C(=O)Nc2ccc(CCN(Cc3cccc(-n4ccnc4)c3)Cc3ccc4c(cnn4C)c3)cc2)cc1OC. The predicted octanol–water partition coefficient (Wildman–Crippen LogP) is 7.55. The molecule has 60 heavy (non-hydrogen) atoms. The molecule has 1 aliphatic heterocycles. The van der Waals surface area contributed by atoms with E-state index >= 15 is 0 Å². The van der Waals surface area contributed by atoms with Crippen molar-refractivity contribution in [1.29, 1.82) is 0 Å². The zero-order valence-corrected chi connectivity index (χ0v) is 33.8. The van der Waals surface area contributed by atoms with Gasteiger partial charge in [0.05, 0.1) is 55.5 Å². The molecule has 2 N–H and O–H groups in total. The van der Waals surface area contributed by atoms with Crippen molar-refractivity contribution in [3.63, 3.8) is 0 Å². The van der Waals surface area contributed by atoms with Gasteiger partial charge in [-0.05, 0) is 84.6 Å². The van der Waals surface area contributed by atoms with E-state index in [1.54, 1.807) is 24.7 Å². The molecule has 304 valence electrons. The minimum Gasteiger partial charge on any atom is -0.493 e. The first-order valence-corrected chi connectivity index (χ1v) is 19.6. The van der Waals surface area contributed by atoms with Crippen molar-refractivity contribution >= 4 is 39.9 Å². The van der Waals surface area contributed by atoms with Gasteiger partial charge in [-0.3, -0.25) is 24.0 Å². The second-order valence-corrected chi connectivity index (χ2v) is 14.9. The third-order valence-corrected chi connectivity index (χ3v) is 10.7. The van der Waals surface area contributed by atoms with E-state index in [1.165, 1.54) is 37.5 Å². The largest absolute Gasteiger partial charge is 0.493 e. The molecule has 0 radical (unpaired) electrons. The summed E-state index contributed by atoms with van der Waals surface area (Å²) in [5.41, 5.74) is 7.88. The molecule has 7 aromatic rings. The van der Waals surface area contributed by atoms with Gasteiger partial charge in [0.15, 0.2) is 23.4 Å². The number of methoxy groups -OCH3 is 2. The summed E-state index contributed by atoms with van der Waals surface area (Å²) in [5.74, 6) is -0.276. The number of nitrogens with zero attached hydrogens (tertiary/aromatic N) is 5. The highest BCUT2D eigenvalue weighted by Crippen LogP contribution is 2.35. The van der Waals surface area contributed by atoms with E-state index in [0.29, 0.717) is 28.5 Å². The smallest absolute Gasteiger partial charge is 0.265 e. The van der Waals surface area contributed by atoms with Crippen LogP contribution in [-0.2, 0) is 31.4 Å². The number of carbonyl (C=O) groups excluding carboxylic acids is 3. The van der Waals surface area contributed by atoms with E-state index in [4.69, 9.17) is 14.2 Å². The first-order chi connectivity index (χ1) is 29.1. The van der Waals surface area contributed by atoms with Gasteiger partial charge in [-0.15, -0.1) is 0 Å². The number of anilines is 2. The molecular formula is C47H45N7O6. The first-order valence-electron chi connectivity index (χ1n) is 19.6. The molecule has 0 saturated carbocycles. The number of nitrogens with one attached hydrogen (secondary N) is 2. The fourth-order valence-corrected chi connectivity index (χ4v) is 7.48. The van der Waals surface area contributed by atoms with E-state index in [0.717, 1.165) is 53.8 Å². The zero-order chi connectivity index (χ0) is 41.8. The molecule has 8 rings (SSSR count). The number of hydrogen-bond donors (Lipinski definition) is 2. The van der Waals surface area contributed by atoms with Crippen molar-refractivity contribution in [3.05, 3.63) is 155 Å². The van der Waals surface area contributed by atoms with Crippen LogP contribution < -0.4 is 24.8 Å². The molecule has 3 heterocycles. The number of carbonyl (C=O) groups is 3. The summed E-state index contributed by atoms with van der Waals surface area (Å²) in [6, 6.07) is 31.0. The third-order valence-electron chi connectivity index (χ3n) is 10.7. The van der Waals surface area contributed by atoms with Gasteiger partial charge in [0.2, 0.25) is 0 Å². The summed E-state index contributed by atoms with van der Waals surface area (Å²) >= 11 is 0. The maximum atomic E-state index is 13.9. The summed E-state index contributed by atoms with van der Waals surface area (Å²) in [4.78, 5) is 47.0. The van der Waals surface area contributed by atoms with E-state index in [1.807, 2.05) is 65.9 Å². The standard InChI is InChI=1S/C47H45N7O6/c1-30-8-15-42-38(20-30)41(55)25-45(60-42)47(57)51-39-24-44(59-4)43(58-3)23-37(39)46(56)50-35-12-9-31(10-13-35)16-18-53(28-33-11-14-40-34(21-33)26-49-52(40)2)27-32-6-5-7-36(22-32)54-19-17-48-29-54/h5-15,17,19-24,26,29,45H,16,18,25,27-28H2,1-4H3,(H,50,56)(H,51,57). The van der Waals surface area contributed by atoms with Gasteiger partial charge in [-0.1, -0.05) is 42.0 Å². The Kier molecular flexibility index (Phi) is 11.4. The van der Waals surface area contributed by atoms with Crippen LogP contribution in [0.4, 0.5) is 11.4 Å². The predicted molar refractivity (Wildman–Crippen MR) is 229 cm³/mol. The third kappa shape index (κ3) is 8.76. The molecule has 0 spiro atoms. The van der Waals surface area contributed by atoms with E-state index in [2.05, 4.69) is 68.1 Å². The zero-order valence-electron chi connectivity index (χ0n) is 33.8. The quantitative estimate of drug-likeness (QED) is 0.114. The molecule has 2 amide bonds. The highest BCUT2D eigenvalue weighted by molar-refractivity contribution is 6.12. The number of fused-ring (bicyclic) bond motifs is 2. The van der Waals surface area contributed by atoms with Crippen LogP contribution in [-0.4, -0.2) is 68.7 Å². The molecule has 0 fully saturated rings. The molecule has 13 heteroatoms. The average Bonchev–Trinajstić information content (AvgIpc) is 3.93. The molecule has 5 aromatic carbocycles. The second-order valence-electron chi connectivity index (χ2n) is 14.9. The monoisotopic (exact) mass is 803 g/mol. The van der Waals surface area contributed by atoms with Gasteiger partial charge >= 0.3 is 0 Å². The number of imidazole rings is 1. The van der Waals surface area contributed by atoms with Crippen molar-refractivity contribution in [2.75, 3.05) is 31.4 Å². The maximum absolute atomic E-state index is 13.9. The Balaban J connectivity index is 0.964. The molecule has 0 saturated heterocycles. The Morgan fingerprint density at radius 1 is 0.883 bits per heavy atom. The molecule has 1 aliphatic rings. The minimum absolute atomic E-state index is 0.137. The average molecular weight is 804 g/mol. The maximum Gasteiger partial charge on any atom is 0.265 e. The number of rotatable bonds is 14. The summed E-state index contributed by atoms with van der Waals surface area (Å²) in [6.45, 7) is 4.15. The number of Topliss-reactive ketones (excluding diaryl/α,β-unsaturated/α-hetero) is 1. The molecule has 1 unspecified atom stereocenters. The van der Waals surface area contributed by atoms with Crippen LogP contribution in [0.1, 0.15) is 49.4 Å². The lowest BCUT2D eigenvalue weighted by molar-refractivity contribution is -0.122. The van der Waals surface area contributed by atoms with Crippen LogP contribution in [0.3, 0.4) is 0 Å².